The van der Waals surface area contributed by atoms with Crippen LogP contribution in [0, 0.1) is 13.8 Å². The summed E-state index contributed by atoms with van der Waals surface area (Å²) in [5, 5.41) is 0.941. The van der Waals surface area contributed by atoms with E-state index in [9.17, 15) is 4.79 Å². The highest BCUT2D eigenvalue weighted by Gasteiger charge is 2.11. The third-order valence-corrected chi connectivity index (χ3v) is 4.62. The second-order valence-corrected chi connectivity index (χ2v) is 6.47. The monoisotopic (exact) mass is 324 g/mol. The van der Waals surface area contributed by atoms with Gasteiger partial charge in [-0.15, -0.1) is 11.8 Å². The number of hydrogen-bond acceptors (Lipinski definition) is 2. The van der Waals surface area contributed by atoms with Crippen LogP contribution in [-0.2, 0) is 0 Å². The largest absolute Gasteiger partial charge is 0.293 e. The van der Waals surface area contributed by atoms with Gasteiger partial charge < -0.3 is 0 Å². The normalized spacial score (nSPS) is 10.6. The zero-order valence-corrected chi connectivity index (χ0v) is 13.6. The van der Waals surface area contributed by atoms with Crippen molar-refractivity contribution in [2.24, 2.45) is 0 Å². The summed E-state index contributed by atoms with van der Waals surface area (Å²) < 4.78 is 0. The van der Waals surface area contributed by atoms with Crippen LogP contribution in [0.4, 0.5) is 0 Å². The second-order valence-electron chi connectivity index (χ2n) is 4.58. The van der Waals surface area contributed by atoms with Gasteiger partial charge in [0.25, 0.3) is 0 Å². The summed E-state index contributed by atoms with van der Waals surface area (Å²) in [6.45, 7) is 4.14. The molecule has 4 heteroatoms. The van der Waals surface area contributed by atoms with Crippen molar-refractivity contribution in [1.82, 2.24) is 0 Å². The van der Waals surface area contributed by atoms with Crippen LogP contribution in [-0.4, -0.2) is 11.5 Å². The maximum absolute atomic E-state index is 12.2. The number of carbonyl (C=O) groups is 1. The van der Waals surface area contributed by atoms with Crippen LogP contribution in [0.3, 0.4) is 0 Å². The van der Waals surface area contributed by atoms with Gasteiger partial charge in [0.05, 0.1) is 10.8 Å². The highest BCUT2D eigenvalue weighted by molar-refractivity contribution is 8.00. The quantitative estimate of drug-likeness (QED) is 0.539. The Balaban J connectivity index is 2.06. The summed E-state index contributed by atoms with van der Waals surface area (Å²) >= 11 is 13.4. The number of carbonyl (C=O) groups excluding carboxylic acids is 1. The third-order valence-electron chi connectivity index (χ3n) is 3.08. The number of hydrogen-bond donors (Lipinski definition) is 0. The molecule has 0 fully saturated rings. The van der Waals surface area contributed by atoms with Crippen molar-refractivity contribution in [2.45, 2.75) is 18.7 Å². The third kappa shape index (κ3) is 3.78. The van der Waals surface area contributed by atoms with Gasteiger partial charge in [-0.3, -0.25) is 4.79 Å². The smallest absolute Gasteiger partial charge is 0.174 e. The predicted molar refractivity (Wildman–Crippen MR) is 87.4 cm³/mol. The van der Waals surface area contributed by atoms with Gasteiger partial charge in [0.2, 0.25) is 0 Å². The van der Waals surface area contributed by atoms with E-state index in [4.69, 9.17) is 23.2 Å². The van der Waals surface area contributed by atoms with Crippen molar-refractivity contribution >= 4 is 40.7 Å². The van der Waals surface area contributed by atoms with Gasteiger partial charge in [-0.2, -0.15) is 0 Å². The number of Topliss-reactive ketones (excluding diaryl/α,β-unsaturated/α-hetero) is 1. The van der Waals surface area contributed by atoms with E-state index in [-0.39, 0.29) is 5.78 Å². The summed E-state index contributed by atoms with van der Waals surface area (Å²) in [7, 11) is 0. The summed E-state index contributed by atoms with van der Waals surface area (Å²) in [6.07, 6.45) is 0. The number of ketones is 1. The van der Waals surface area contributed by atoms with Gasteiger partial charge in [-0.05, 0) is 55.3 Å². The van der Waals surface area contributed by atoms with Gasteiger partial charge in [-0.1, -0.05) is 29.3 Å². The molecule has 20 heavy (non-hydrogen) atoms. The lowest BCUT2D eigenvalue weighted by Crippen LogP contribution is -2.03. The Hall–Kier alpha value is -0.960. The lowest BCUT2D eigenvalue weighted by molar-refractivity contribution is 0.102. The maximum Gasteiger partial charge on any atom is 0.174 e. The van der Waals surface area contributed by atoms with Crippen LogP contribution in [0.2, 0.25) is 10.0 Å². The maximum atomic E-state index is 12.2. The molecule has 0 aliphatic rings. The molecule has 2 aromatic carbocycles. The Morgan fingerprint density at radius 3 is 2.45 bits per heavy atom. The molecule has 0 radical (unpaired) electrons. The molecule has 0 saturated carbocycles. The second kappa shape index (κ2) is 6.66. The molecule has 1 nitrogen and oxygen atoms in total. The Labute approximate surface area is 133 Å². The number of thioether (sulfide) groups is 1. The molecular formula is C16H14Cl2OS. The molecule has 0 bridgehead atoms. The first kappa shape index (κ1) is 15.4. The number of benzene rings is 2. The summed E-state index contributed by atoms with van der Waals surface area (Å²) in [5.41, 5.74) is 3.00. The Morgan fingerprint density at radius 1 is 1.05 bits per heavy atom. The van der Waals surface area contributed by atoms with Crippen LogP contribution >= 0.6 is 35.0 Å². The van der Waals surface area contributed by atoms with Crippen molar-refractivity contribution < 1.29 is 4.79 Å². The molecule has 0 aromatic heterocycles. The molecule has 0 aliphatic heterocycles. The topological polar surface area (TPSA) is 17.1 Å². The highest BCUT2D eigenvalue weighted by Crippen LogP contribution is 2.25. The molecule has 0 amide bonds. The van der Waals surface area contributed by atoms with Gasteiger partial charge in [0.15, 0.2) is 5.78 Å². The molecule has 0 atom stereocenters. The zero-order chi connectivity index (χ0) is 14.7. The van der Waals surface area contributed by atoms with Crippen molar-refractivity contribution in [3.63, 3.8) is 0 Å². The van der Waals surface area contributed by atoms with Crippen LogP contribution in [0.15, 0.2) is 41.3 Å². The van der Waals surface area contributed by atoms with Gasteiger partial charge in [0, 0.05) is 15.5 Å². The van der Waals surface area contributed by atoms with Crippen molar-refractivity contribution in [3.8, 4) is 0 Å². The summed E-state index contributed by atoms with van der Waals surface area (Å²) in [4.78, 5) is 13.2. The molecular weight excluding hydrogens is 311 g/mol. The van der Waals surface area contributed by atoms with E-state index in [1.807, 2.05) is 6.07 Å². The van der Waals surface area contributed by atoms with Gasteiger partial charge >= 0.3 is 0 Å². The van der Waals surface area contributed by atoms with E-state index in [0.717, 1.165) is 4.90 Å². The fourth-order valence-electron chi connectivity index (χ4n) is 1.75. The molecule has 0 spiro atoms. The van der Waals surface area contributed by atoms with Crippen LogP contribution in [0.25, 0.3) is 0 Å². The molecule has 0 unspecified atom stereocenters. The lowest BCUT2D eigenvalue weighted by atomic mass is 10.1. The van der Waals surface area contributed by atoms with E-state index >= 15 is 0 Å². The molecule has 0 aliphatic carbocycles. The fraction of sp³-hybridized carbons (Fsp3) is 0.188. The molecule has 2 aromatic rings. The average Bonchev–Trinajstić information content (AvgIpc) is 2.40. The number of aryl methyl sites for hydroxylation is 2. The number of rotatable bonds is 4. The van der Waals surface area contributed by atoms with Crippen molar-refractivity contribution in [3.05, 3.63) is 63.1 Å². The molecule has 0 saturated heterocycles. The SMILES string of the molecule is Cc1ccc(SCC(=O)c2ccc(Cl)cc2Cl)cc1C. The minimum Gasteiger partial charge on any atom is -0.293 e. The zero-order valence-electron chi connectivity index (χ0n) is 11.2. The Bertz CT molecular complexity index is 653. The van der Waals surface area contributed by atoms with E-state index in [0.29, 0.717) is 21.4 Å². The molecule has 0 heterocycles. The van der Waals surface area contributed by atoms with Crippen molar-refractivity contribution in [1.29, 1.82) is 0 Å². The Morgan fingerprint density at radius 2 is 1.80 bits per heavy atom. The van der Waals surface area contributed by atoms with Crippen LogP contribution < -0.4 is 0 Å². The number of halogens is 2. The summed E-state index contributed by atoms with van der Waals surface area (Å²) in [5.74, 6) is 0.374. The first-order valence-corrected chi connectivity index (χ1v) is 7.90. The van der Waals surface area contributed by atoms with E-state index < -0.39 is 0 Å². The summed E-state index contributed by atoms with van der Waals surface area (Å²) in [6, 6.07) is 11.1. The first-order valence-electron chi connectivity index (χ1n) is 6.15. The average molecular weight is 325 g/mol. The van der Waals surface area contributed by atoms with E-state index in [1.54, 1.807) is 18.2 Å². The minimum atomic E-state index is 0.00916. The van der Waals surface area contributed by atoms with Crippen molar-refractivity contribution in [2.75, 3.05) is 5.75 Å². The van der Waals surface area contributed by atoms with Crippen LogP contribution in [0.5, 0.6) is 0 Å². The molecule has 0 N–H and O–H groups in total. The van der Waals surface area contributed by atoms with Gasteiger partial charge in [0.1, 0.15) is 0 Å². The van der Waals surface area contributed by atoms with Crippen LogP contribution in [0.1, 0.15) is 21.5 Å². The molecule has 104 valence electrons. The highest BCUT2D eigenvalue weighted by atomic mass is 35.5. The molecule has 2 rings (SSSR count). The minimum absolute atomic E-state index is 0.00916. The predicted octanol–water partition coefficient (Wildman–Crippen LogP) is 5.59. The first-order chi connectivity index (χ1) is 9.47. The van der Waals surface area contributed by atoms with E-state index in [1.165, 1.54) is 22.9 Å². The van der Waals surface area contributed by atoms with Gasteiger partial charge in [-0.25, -0.2) is 0 Å². The lowest BCUT2D eigenvalue weighted by Gasteiger charge is -2.06. The standard InChI is InChI=1S/C16H14Cl2OS/c1-10-3-5-13(7-11(10)2)20-9-16(19)14-6-4-12(17)8-15(14)18/h3-8H,9H2,1-2H3. The Kier molecular flexibility index (Phi) is 5.14. The fourth-order valence-corrected chi connectivity index (χ4v) is 3.14. The van der Waals surface area contributed by atoms with E-state index in [2.05, 4.69) is 26.0 Å².